The van der Waals surface area contributed by atoms with E-state index in [0.717, 1.165) is 69.2 Å². The number of aliphatic hydroxyl groups excluding tert-OH is 1. The lowest BCUT2D eigenvalue weighted by Crippen LogP contribution is -2.50. The molecule has 1 spiro atoms. The fraction of sp³-hybridized carbons (Fsp3) is 0.500. The number of carbonyl (C=O) groups is 1. The Labute approximate surface area is 189 Å². The molecular weight excluding hydrogens is 400 g/mol. The van der Waals surface area contributed by atoms with Gasteiger partial charge in [-0.1, -0.05) is 30.3 Å². The van der Waals surface area contributed by atoms with E-state index in [1.165, 1.54) is 0 Å². The van der Waals surface area contributed by atoms with Crippen LogP contribution in [0.4, 0.5) is 5.82 Å². The molecule has 3 aliphatic rings. The normalized spacial score (nSPS) is 28.2. The predicted octanol–water partition coefficient (Wildman–Crippen LogP) is 3.74. The van der Waals surface area contributed by atoms with Gasteiger partial charge >= 0.3 is 0 Å². The molecule has 32 heavy (non-hydrogen) atoms. The molecule has 3 fully saturated rings. The Hall–Kier alpha value is -2.91. The van der Waals surface area contributed by atoms with E-state index in [-0.39, 0.29) is 23.5 Å². The van der Waals surface area contributed by atoms with Crippen LogP contribution >= 0.6 is 0 Å². The van der Waals surface area contributed by atoms with E-state index in [1.807, 2.05) is 42.6 Å². The zero-order valence-corrected chi connectivity index (χ0v) is 18.4. The number of nitrogens with zero attached hydrogens (tertiary/aromatic N) is 4. The summed E-state index contributed by atoms with van der Waals surface area (Å²) in [5.41, 5.74) is 2.16. The first-order valence-electron chi connectivity index (χ1n) is 11.8. The van der Waals surface area contributed by atoms with E-state index in [9.17, 15) is 15.2 Å². The Balaban J connectivity index is 1.36. The minimum atomic E-state index is -0.374. The lowest BCUT2D eigenvalue weighted by Gasteiger charge is -2.41. The number of likely N-dealkylation sites (tertiary alicyclic amines) is 1. The largest absolute Gasteiger partial charge is 0.393 e. The molecule has 2 aliphatic heterocycles. The molecule has 1 aliphatic carbocycles. The Morgan fingerprint density at radius 3 is 2.59 bits per heavy atom. The third-order valence-corrected chi connectivity index (χ3v) is 7.62. The highest BCUT2D eigenvalue weighted by Crippen LogP contribution is 2.43. The van der Waals surface area contributed by atoms with Crippen molar-refractivity contribution in [3.63, 3.8) is 0 Å². The van der Waals surface area contributed by atoms with Gasteiger partial charge in [-0.15, -0.1) is 0 Å². The molecule has 2 saturated heterocycles. The lowest BCUT2D eigenvalue weighted by molar-refractivity contribution is -0.139. The molecule has 1 atom stereocenters. The number of hydrogen-bond donors (Lipinski definition) is 1. The van der Waals surface area contributed by atoms with Crippen molar-refractivity contribution in [3.8, 4) is 17.2 Å². The average Bonchev–Trinajstić information content (AvgIpc) is 3.15. The van der Waals surface area contributed by atoms with Crippen molar-refractivity contribution < 1.29 is 9.90 Å². The van der Waals surface area contributed by atoms with Gasteiger partial charge < -0.3 is 14.9 Å². The minimum absolute atomic E-state index is 0.211. The molecule has 166 valence electrons. The number of aromatic nitrogens is 1. The molecule has 1 aromatic heterocycles. The van der Waals surface area contributed by atoms with Crippen molar-refractivity contribution in [1.29, 1.82) is 5.26 Å². The topological polar surface area (TPSA) is 80.5 Å². The average molecular weight is 431 g/mol. The number of carbonyl (C=O) groups excluding carboxylic acids is 1. The van der Waals surface area contributed by atoms with Gasteiger partial charge in [-0.2, -0.15) is 5.26 Å². The number of amides is 1. The van der Waals surface area contributed by atoms with Gasteiger partial charge in [0.2, 0.25) is 5.91 Å². The fourth-order valence-corrected chi connectivity index (χ4v) is 5.84. The standard InChI is InChI=1S/C26H30N4O2/c27-16-20-15-21(19-5-2-1-3-6-19)17-28-24(20)29-13-4-11-26(18-29)12-14-30(25(26)32)22-7-9-23(31)10-8-22/h1-3,5-6,15,17,22-23,31H,4,7-14,18H2/t22-,23-,26-/m1/s1. The molecule has 2 aromatic rings. The monoisotopic (exact) mass is 430 g/mol. The maximum Gasteiger partial charge on any atom is 0.230 e. The van der Waals surface area contributed by atoms with Gasteiger partial charge in [0.15, 0.2) is 0 Å². The number of nitriles is 1. The molecule has 1 N–H and O–H groups in total. The van der Waals surface area contributed by atoms with E-state index in [4.69, 9.17) is 4.98 Å². The molecule has 1 saturated carbocycles. The molecule has 1 amide bonds. The third kappa shape index (κ3) is 3.75. The van der Waals surface area contributed by atoms with Crippen LogP contribution in [-0.4, -0.2) is 52.7 Å². The second kappa shape index (κ2) is 8.55. The summed E-state index contributed by atoms with van der Waals surface area (Å²) in [6, 6.07) is 14.5. The fourth-order valence-electron chi connectivity index (χ4n) is 5.84. The number of anilines is 1. The van der Waals surface area contributed by atoms with Crippen LogP contribution in [-0.2, 0) is 4.79 Å². The third-order valence-electron chi connectivity index (χ3n) is 7.62. The summed E-state index contributed by atoms with van der Waals surface area (Å²) in [5, 5.41) is 19.7. The number of hydrogen-bond acceptors (Lipinski definition) is 5. The number of piperidine rings is 1. The summed E-state index contributed by atoms with van der Waals surface area (Å²) in [6.07, 6.45) is 7.69. The van der Waals surface area contributed by atoms with Gasteiger partial charge in [0.1, 0.15) is 11.9 Å². The predicted molar refractivity (Wildman–Crippen MR) is 123 cm³/mol. The summed E-state index contributed by atoms with van der Waals surface area (Å²) in [7, 11) is 0. The zero-order valence-electron chi connectivity index (χ0n) is 18.4. The first-order valence-corrected chi connectivity index (χ1v) is 11.8. The van der Waals surface area contributed by atoms with E-state index in [2.05, 4.69) is 15.9 Å². The molecule has 0 unspecified atom stereocenters. The Bertz CT molecular complexity index is 1030. The van der Waals surface area contributed by atoms with Gasteiger partial charge in [-0.3, -0.25) is 4.79 Å². The minimum Gasteiger partial charge on any atom is -0.393 e. The zero-order chi connectivity index (χ0) is 22.1. The van der Waals surface area contributed by atoms with E-state index < -0.39 is 0 Å². The summed E-state index contributed by atoms with van der Waals surface area (Å²) < 4.78 is 0. The van der Waals surface area contributed by atoms with Crippen molar-refractivity contribution in [1.82, 2.24) is 9.88 Å². The molecule has 0 radical (unpaired) electrons. The van der Waals surface area contributed by atoms with Crippen LogP contribution < -0.4 is 4.90 Å². The van der Waals surface area contributed by atoms with E-state index in [0.29, 0.717) is 17.9 Å². The van der Waals surface area contributed by atoms with Gasteiger partial charge in [0.25, 0.3) is 0 Å². The quantitative estimate of drug-likeness (QED) is 0.802. The van der Waals surface area contributed by atoms with Crippen LogP contribution in [0.1, 0.15) is 50.5 Å². The Kier molecular flexibility index (Phi) is 5.60. The highest BCUT2D eigenvalue weighted by molar-refractivity contribution is 5.86. The van der Waals surface area contributed by atoms with Gasteiger partial charge in [-0.05, 0) is 56.6 Å². The smallest absolute Gasteiger partial charge is 0.230 e. The molecular formula is C26H30N4O2. The van der Waals surface area contributed by atoms with Gasteiger partial charge in [0.05, 0.1) is 17.1 Å². The molecule has 6 heteroatoms. The van der Waals surface area contributed by atoms with Crippen LogP contribution in [0, 0.1) is 16.7 Å². The van der Waals surface area contributed by atoms with Gasteiger partial charge in [0, 0.05) is 37.4 Å². The summed E-state index contributed by atoms with van der Waals surface area (Å²) in [5.74, 6) is 0.960. The maximum absolute atomic E-state index is 13.6. The first-order chi connectivity index (χ1) is 15.6. The molecule has 1 aromatic carbocycles. The Morgan fingerprint density at radius 1 is 1.06 bits per heavy atom. The maximum atomic E-state index is 13.6. The highest BCUT2D eigenvalue weighted by Gasteiger charge is 2.51. The Morgan fingerprint density at radius 2 is 1.84 bits per heavy atom. The number of pyridine rings is 1. The second-order valence-electron chi connectivity index (χ2n) is 9.59. The second-order valence-corrected chi connectivity index (χ2v) is 9.59. The number of rotatable bonds is 3. The molecule has 5 rings (SSSR count). The molecule has 0 bridgehead atoms. The van der Waals surface area contributed by atoms with Crippen molar-refractivity contribution in [2.24, 2.45) is 5.41 Å². The first kappa shape index (κ1) is 21.0. The lowest BCUT2D eigenvalue weighted by atomic mass is 9.78. The van der Waals surface area contributed by atoms with Crippen molar-refractivity contribution in [3.05, 3.63) is 48.2 Å². The van der Waals surface area contributed by atoms with Crippen LogP contribution in [0.15, 0.2) is 42.6 Å². The summed E-state index contributed by atoms with van der Waals surface area (Å²) in [6.45, 7) is 2.25. The van der Waals surface area contributed by atoms with Gasteiger partial charge in [-0.25, -0.2) is 4.98 Å². The van der Waals surface area contributed by atoms with E-state index >= 15 is 0 Å². The SMILES string of the molecule is N#Cc1cc(-c2ccccc2)cnc1N1CCC[C@@]2(CCN([C@H]3CC[C@H](O)CC3)C2=O)C1. The van der Waals surface area contributed by atoms with Crippen molar-refractivity contribution >= 4 is 11.7 Å². The molecule has 3 heterocycles. The summed E-state index contributed by atoms with van der Waals surface area (Å²) >= 11 is 0. The number of benzene rings is 1. The summed E-state index contributed by atoms with van der Waals surface area (Å²) in [4.78, 5) is 22.5. The highest BCUT2D eigenvalue weighted by atomic mass is 16.3. The van der Waals surface area contributed by atoms with Crippen LogP contribution in [0.3, 0.4) is 0 Å². The van der Waals surface area contributed by atoms with E-state index in [1.54, 1.807) is 0 Å². The van der Waals surface area contributed by atoms with Crippen molar-refractivity contribution in [2.75, 3.05) is 24.5 Å². The molecule has 6 nitrogen and oxygen atoms in total. The van der Waals surface area contributed by atoms with Crippen LogP contribution in [0.5, 0.6) is 0 Å². The van der Waals surface area contributed by atoms with Crippen molar-refractivity contribution in [2.45, 2.75) is 57.1 Å². The number of aliphatic hydroxyl groups is 1. The van der Waals surface area contributed by atoms with Crippen LogP contribution in [0.25, 0.3) is 11.1 Å². The van der Waals surface area contributed by atoms with Crippen LogP contribution in [0.2, 0.25) is 0 Å².